The van der Waals surface area contributed by atoms with Crippen LogP contribution in [0.15, 0.2) is 6.07 Å². The zero-order chi connectivity index (χ0) is 13.5. The van der Waals surface area contributed by atoms with Crippen LogP contribution in [-0.4, -0.2) is 28.5 Å². The average Bonchev–Trinajstić information content (AvgIpc) is 2.27. The van der Waals surface area contributed by atoms with E-state index in [-0.39, 0.29) is 18.4 Å². The van der Waals surface area contributed by atoms with Gasteiger partial charge < -0.3 is 16.4 Å². The minimum Gasteiger partial charge on any atom is -0.370 e. The molecule has 18 heavy (non-hydrogen) atoms. The molecule has 0 aliphatic rings. The number of hydrogen-bond acceptors (Lipinski definition) is 5. The zero-order valence-electron chi connectivity index (χ0n) is 11.2. The number of aryl methyl sites for hydroxylation is 1. The summed E-state index contributed by atoms with van der Waals surface area (Å²) in [5.41, 5.74) is 5.16. The molecule has 0 saturated carbocycles. The lowest BCUT2D eigenvalue weighted by atomic mass is 10.2. The summed E-state index contributed by atoms with van der Waals surface area (Å²) in [5, 5.41) is 6.31. The van der Waals surface area contributed by atoms with Crippen molar-refractivity contribution >= 4 is 17.5 Å². The third-order valence-electron chi connectivity index (χ3n) is 2.35. The van der Waals surface area contributed by atoms with Crippen molar-refractivity contribution in [3.8, 4) is 0 Å². The van der Waals surface area contributed by atoms with Crippen LogP contribution in [0.25, 0.3) is 0 Å². The van der Waals surface area contributed by atoms with Crippen molar-refractivity contribution in [3.05, 3.63) is 11.9 Å². The molecule has 1 aromatic heterocycles. The Hall–Kier alpha value is -1.85. The van der Waals surface area contributed by atoms with Crippen molar-refractivity contribution in [3.63, 3.8) is 0 Å². The smallest absolute Gasteiger partial charge is 0.219 e. The van der Waals surface area contributed by atoms with Gasteiger partial charge in [-0.1, -0.05) is 6.92 Å². The molecule has 0 spiro atoms. The number of nitrogens with zero attached hydrogens (tertiary/aromatic N) is 2. The molecule has 0 aliphatic heterocycles. The van der Waals surface area contributed by atoms with Crippen molar-refractivity contribution < 1.29 is 4.79 Å². The highest BCUT2D eigenvalue weighted by molar-refractivity contribution is 5.74. The molecule has 0 aliphatic carbocycles. The van der Waals surface area contributed by atoms with Crippen LogP contribution in [0.5, 0.6) is 0 Å². The van der Waals surface area contributed by atoms with Gasteiger partial charge in [0.05, 0.1) is 0 Å². The molecule has 0 radical (unpaired) electrons. The van der Waals surface area contributed by atoms with Gasteiger partial charge in [-0.05, 0) is 13.8 Å². The first-order valence-electron chi connectivity index (χ1n) is 6.21. The minimum atomic E-state index is -0.327. The van der Waals surface area contributed by atoms with E-state index in [1.165, 1.54) is 0 Å². The second kappa shape index (κ2) is 6.78. The van der Waals surface area contributed by atoms with Gasteiger partial charge in [0, 0.05) is 31.5 Å². The van der Waals surface area contributed by atoms with Crippen molar-refractivity contribution in [1.29, 1.82) is 0 Å². The highest BCUT2D eigenvalue weighted by Crippen LogP contribution is 2.13. The Morgan fingerprint density at radius 1 is 1.39 bits per heavy atom. The topological polar surface area (TPSA) is 92.9 Å². The van der Waals surface area contributed by atoms with E-state index in [0.29, 0.717) is 5.82 Å². The number of aromatic nitrogens is 2. The van der Waals surface area contributed by atoms with Crippen LogP contribution in [0.2, 0.25) is 0 Å². The van der Waals surface area contributed by atoms with Crippen LogP contribution in [0.4, 0.5) is 11.6 Å². The lowest BCUT2D eigenvalue weighted by Gasteiger charge is -2.14. The normalized spacial score (nSPS) is 11.9. The third-order valence-corrected chi connectivity index (χ3v) is 2.35. The second-order valence-corrected chi connectivity index (χ2v) is 4.15. The number of hydrogen-bond donors (Lipinski definition) is 3. The molecule has 6 heteroatoms. The summed E-state index contributed by atoms with van der Waals surface area (Å²) in [7, 11) is 0. The molecule has 100 valence electrons. The predicted octanol–water partition coefficient (Wildman–Crippen LogP) is 1.15. The number of amides is 1. The molecular weight excluding hydrogens is 230 g/mol. The SMILES string of the molecule is CCNc1cc(NC(C)CC(N)=O)nc(CC)n1. The van der Waals surface area contributed by atoms with Gasteiger partial charge in [0.25, 0.3) is 0 Å². The Kier molecular flexibility index (Phi) is 5.35. The Bertz CT molecular complexity index is 407. The van der Waals surface area contributed by atoms with Gasteiger partial charge in [-0.2, -0.15) is 0 Å². The monoisotopic (exact) mass is 251 g/mol. The molecule has 1 aromatic rings. The molecule has 1 atom stereocenters. The summed E-state index contributed by atoms with van der Waals surface area (Å²) in [4.78, 5) is 19.6. The standard InChI is InChI=1S/C12H21N5O/c1-4-10-16-11(14-5-2)7-12(17-10)15-8(3)6-9(13)18/h7-8H,4-6H2,1-3H3,(H2,13,18)(H2,14,15,16,17). The number of nitrogens with one attached hydrogen (secondary N) is 2. The number of primary amides is 1. The van der Waals surface area contributed by atoms with Crippen LogP contribution < -0.4 is 16.4 Å². The van der Waals surface area contributed by atoms with Gasteiger partial charge in [-0.15, -0.1) is 0 Å². The van der Waals surface area contributed by atoms with Gasteiger partial charge in [-0.25, -0.2) is 9.97 Å². The number of carbonyl (C=O) groups is 1. The summed E-state index contributed by atoms with van der Waals surface area (Å²) in [5.74, 6) is 1.94. The summed E-state index contributed by atoms with van der Waals surface area (Å²) in [6, 6.07) is 1.79. The lowest BCUT2D eigenvalue weighted by Crippen LogP contribution is -2.24. The highest BCUT2D eigenvalue weighted by atomic mass is 16.1. The van der Waals surface area contributed by atoms with Crippen LogP contribution in [0, 0.1) is 0 Å². The molecule has 0 aromatic carbocycles. The van der Waals surface area contributed by atoms with Crippen LogP contribution in [0.1, 0.15) is 33.0 Å². The molecule has 1 amide bonds. The Balaban J connectivity index is 2.80. The van der Waals surface area contributed by atoms with E-state index in [2.05, 4.69) is 20.6 Å². The first-order valence-corrected chi connectivity index (χ1v) is 6.21. The lowest BCUT2D eigenvalue weighted by molar-refractivity contribution is -0.118. The van der Waals surface area contributed by atoms with Gasteiger partial charge in [0.2, 0.25) is 5.91 Å². The maximum atomic E-state index is 10.8. The fourth-order valence-electron chi connectivity index (χ4n) is 1.61. The fourth-order valence-corrected chi connectivity index (χ4v) is 1.61. The van der Waals surface area contributed by atoms with Gasteiger partial charge in [0.1, 0.15) is 17.5 Å². The Morgan fingerprint density at radius 3 is 2.61 bits per heavy atom. The molecule has 6 nitrogen and oxygen atoms in total. The van der Waals surface area contributed by atoms with Gasteiger partial charge in [0.15, 0.2) is 0 Å². The predicted molar refractivity (Wildman–Crippen MR) is 72.5 cm³/mol. The molecule has 4 N–H and O–H groups in total. The molecule has 1 unspecified atom stereocenters. The van der Waals surface area contributed by atoms with Crippen LogP contribution in [-0.2, 0) is 11.2 Å². The van der Waals surface area contributed by atoms with Crippen LogP contribution >= 0.6 is 0 Å². The molecular formula is C12H21N5O. The summed E-state index contributed by atoms with van der Waals surface area (Å²) in [6.07, 6.45) is 1.04. The number of rotatable bonds is 7. The van der Waals surface area contributed by atoms with Crippen molar-refractivity contribution in [2.24, 2.45) is 5.73 Å². The van der Waals surface area contributed by atoms with E-state index in [9.17, 15) is 4.79 Å². The molecule has 1 heterocycles. The van der Waals surface area contributed by atoms with E-state index < -0.39 is 0 Å². The molecule has 1 rings (SSSR count). The molecule has 0 fully saturated rings. The van der Waals surface area contributed by atoms with Crippen molar-refractivity contribution in [1.82, 2.24) is 9.97 Å². The average molecular weight is 251 g/mol. The first kappa shape index (κ1) is 14.2. The van der Waals surface area contributed by atoms with E-state index in [1.807, 2.05) is 26.8 Å². The summed E-state index contributed by atoms with van der Waals surface area (Å²) >= 11 is 0. The largest absolute Gasteiger partial charge is 0.370 e. The maximum Gasteiger partial charge on any atom is 0.219 e. The fraction of sp³-hybridized carbons (Fsp3) is 0.583. The van der Waals surface area contributed by atoms with Gasteiger partial charge >= 0.3 is 0 Å². The number of nitrogens with two attached hydrogens (primary N) is 1. The zero-order valence-corrected chi connectivity index (χ0v) is 11.2. The number of anilines is 2. The Morgan fingerprint density at radius 2 is 2.06 bits per heavy atom. The Labute approximate surface area is 107 Å². The van der Waals surface area contributed by atoms with E-state index in [0.717, 1.165) is 24.6 Å². The minimum absolute atomic E-state index is 0.0448. The third kappa shape index (κ3) is 4.57. The van der Waals surface area contributed by atoms with E-state index in [4.69, 9.17) is 5.73 Å². The van der Waals surface area contributed by atoms with Crippen molar-refractivity contribution in [2.75, 3.05) is 17.2 Å². The van der Waals surface area contributed by atoms with E-state index >= 15 is 0 Å². The number of carbonyl (C=O) groups excluding carboxylic acids is 1. The van der Waals surface area contributed by atoms with Gasteiger partial charge in [-0.3, -0.25) is 4.79 Å². The highest BCUT2D eigenvalue weighted by Gasteiger charge is 2.08. The second-order valence-electron chi connectivity index (χ2n) is 4.15. The quantitative estimate of drug-likeness (QED) is 0.676. The van der Waals surface area contributed by atoms with Crippen LogP contribution in [0.3, 0.4) is 0 Å². The summed E-state index contributed by atoms with van der Waals surface area (Å²) < 4.78 is 0. The molecule has 0 saturated heterocycles. The first-order chi connectivity index (χ1) is 8.55. The molecule has 0 bridgehead atoms. The van der Waals surface area contributed by atoms with E-state index in [1.54, 1.807) is 0 Å². The van der Waals surface area contributed by atoms with Crippen molar-refractivity contribution in [2.45, 2.75) is 39.7 Å². The maximum absolute atomic E-state index is 10.8. The summed E-state index contributed by atoms with van der Waals surface area (Å²) in [6.45, 7) is 6.71.